The summed E-state index contributed by atoms with van der Waals surface area (Å²) in [7, 11) is 3.97. The molecule has 0 aliphatic heterocycles. The maximum atomic E-state index is 9.79. The van der Waals surface area contributed by atoms with Crippen molar-refractivity contribution in [3.63, 3.8) is 0 Å². The van der Waals surface area contributed by atoms with Crippen LogP contribution in [-0.4, -0.2) is 29.4 Å². The summed E-state index contributed by atoms with van der Waals surface area (Å²) in [6.07, 6.45) is 0. The first kappa shape index (κ1) is 14.8. The topological polar surface area (TPSA) is 76.0 Å². The van der Waals surface area contributed by atoms with E-state index in [9.17, 15) is 15.3 Å². The van der Waals surface area contributed by atoms with Gasteiger partial charge in [0, 0.05) is 37.6 Å². The zero-order valence-corrected chi connectivity index (χ0v) is 12.4. The number of nitrogens with zero attached hydrogens (tertiary/aromatic N) is 1. The average molecular weight is 288 g/mol. The minimum atomic E-state index is -0.492. The largest absolute Gasteiger partial charge is 0.504 e. The number of hydrogen-bond acceptors (Lipinski definition) is 5. The Balaban J connectivity index is 2.15. The maximum Gasteiger partial charge on any atom is 0.200 e. The molecule has 112 valence electrons. The van der Waals surface area contributed by atoms with Crippen molar-refractivity contribution >= 4 is 11.4 Å². The summed E-state index contributed by atoms with van der Waals surface area (Å²) in [5.41, 5.74) is 3.67. The number of aryl methyl sites for hydroxylation is 1. The Kier molecular flexibility index (Phi) is 4.12. The van der Waals surface area contributed by atoms with Crippen molar-refractivity contribution in [2.75, 3.05) is 24.3 Å². The fraction of sp³-hybridized carbons (Fsp3) is 0.250. The van der Waals surface area contributed by atoms with Crippen LogP contribution in [0.5, 0.6) is 17.2 Å². The average Bonchev–Trinajstić information content (AvgIpc) is 2.45. The molecule has 0 radical (unpaired) electrons. The number of anilines is 2. The Bertz CT molecular complexity index is 654. The molecule has 2 aromatic rings. The van der Waals surface area contributed by atoms with Crippen molar-refractivity contribution in [3.8, 4) is 17.2 Å². The number of aromatic hydroxyl groups is 3. The Labute approximate surface area is 124 Å². The summed E-state index contributed by atoms with van der Waals surface area (Å²) in [5, 5.41) is 31.8. The SMILES string of the molecule is Cc1cc(N(C)C)ccc1NCc1ccc(O)c(O)c1O. The molecule has 0 unspecified atom stereocenters. The van der Waals surface area contributed by atoms with E-state index in [4.69, 9.17) is 0 Å². The lowest BCUT2D eigenvalue weighted by molar-refractivity contribution is 0.365. The van der Waals surface area contributed by atoms with E-state index < -0.39 is 5.75 Å². The van der Waals surface area contributed by atoms with Crippen LogP contribution < -0.4 is 10.2 Å². The van der Waals surface area contributed by atoms with E-state index in [2.05, 4.69) is 11.4 Å². The summed E-state index contributed by atoms with van der Waals surface area (Å²) in [6.45, 7) is 2.35. The zero-order chi connectivity index (χ0) is 15.6. The second-order valence-corrected chi connectivity index (χ2v) is 5.19. The highest BCUT2D eigenvalue weighted by Crippen LogP contribution is 2.37. The summed E-state index contributed by atoms with van der Waals surface area (Å²) >= 11 is 0. The molecule has 2 aromatic carbocycles. The van der Waals surface area contributed by atoms with Gasteiger partial charge in [0.05, 0.1) is 0 Å². The predicted octanol–water partition coefficient (Wildman–Crippen LogP) is 2.79. The lowest BCUT2D eigenvalue weighted by atomic mass is 10.1. The summed E-state index contributed by atoms with van der Waals surface area (Å²) in [4.78, 5) is 2.03. The van der Waals surface area contributed by atoms with Gasteiger partial charge in [0.15, 0.2) is 11.5 Å². The highest BCUT2D eigenvalue weighted by atomic mass is 16.3. The van der Waals surface area contributed by atoms with E-state index in [0.717, 1.165) is 16.9 Å². The van der Waals surface area contributed by atoms with Gasteiger partial charge in [-0.2, -0.15) is 0 Å². The monoisotopic (exact) mass is 288 g/mol. The molecule has 0 amide bonds. The molecule has 0 aromatic heterocycles. The van der Waals surface area contributed by atoms with E-state index >= 15 is 0 Å². The van der Waals surface area contributed by atoms with Crippen LogP contribution in [0, 0.1) is 6.92 Å². The first-order chi connectivity index (χ1) is 9.90. The minimum absolute atomic E-state index is 0.301. The highest BCUT2D eigenvalue weighted by molar-refractivity contribution is 5.61. The smallest absolute Gasteiger partial charge is 0.200 e. The number of nitrogens with one attached hydrogen (secondary N) is 1. The van der Waals surface area contributed by atoms with Gasteiger partial charge in [0.25, 0.3) is 0 Å². The molecule has 0 heterocycles. The van der Waals surface area contributed by atoms with E-state index in [0.29, 0.717) is 12.1 Å². The molecule has 2 rings (SSSR count). The minimum Gasteiger partial charge on any atom is -0.504 e. The molecule has 0 aliphatic rings. The van der Waals surface area contributed by atoms with Gasteiger partial charge in [-0.1, -0.05) is 0 Å². The third kappa shape index (κ3) is 3.13. The van der Waals surface area contributed by atoms with E-state index in [1.54, 1.807) is 6.07 Å². The first-order valence-corrected chi connectivity index (χ1v) is 6.64. The summed E-state index contributed by atoms with van der Waals surface area (Å²) in [6, 6.07) is 8.97. The molecule has 21 heavy (non-hydrogen) atoms. The number of phenols is 3. The number of phenolic OH excluding ortho intramolecular Hbond substituents is 3. The van der Waals surface area contributed by atoms with Crippen LogP contribution in [0.2, 0.25) is 0 Å². The van der Waals surface area contributed by atoms with Crippen LogP contribution in [0.15, 0.2) is 30.3 Å². The predicted molar refractivity (Wildman–Crippen MR) is 84.3 cm³/mol. The van der Waals surface area contributed by atoms with Crippen LogP contribution in [0.25, 0.3) is 0 Å². The van der Waals surface area contributed by atoms with Gasteiger partial charge in [-0.05, 0) is 42.8 Å². The van der Waals surface area contributed by atoms with Gasteiger partial charge in [-0.15, -0.1) is 0 Å². The third-order valence-electron chi connectivity index (χ3n) is 3.41. The Morgan fingerprint density at radius 2 is 1.71 bits per heavy atom. The van der Waals surface area contributed by atoms with Gasteiger partial charge in [-0.25, -0.2) is 0 Å². The van der Waals surface area contributed by atoms with Crippen molar-refractivity contribution in [1.82, 2.24) is 0 Å². The van der Waals surface area contributed by atoms with Gasteiger partial charge in [0.2, 0.25) is 5.75 Å². The van der Waals surface area contributed by atoms with Crippen LogP contribution in [-0.2, 0) is 6.54 Å². The normalized spacial score (nSPS) is 10.4. The standard InChI is InChI=1S/C16H20N2O3/c1-10-8-12(18(2)3)5-6-13(10)17-9-11-4-7-14(19)16(21)15(11)20/h4-8,17,19-21H,9H2,1-3H3. The molecule has 0 aliphatic carbocycles. The van der Waals surface area contributed by atoms with E-state index in [1.165, 1.54) is 6.07 Å². The molecule has 0 saturated carbocycles. The van der Waals surface area contributed by atoms with Crippen LogP contribution in [0.4, 0.5) is 11.4 Å². The summed E-state index contributed by atoms with van der Waals surface area (Å²) in [5.74, 6) is -1.12. The molecule has 0 bridgehead atoms. The molecule has 0 fully saturated rings. The molecular formula is C16H20N2O3. The molecule has 0 saturated heterocycles. The fourth-order valence-electron chi connectivity index (χ4n) is 2.07. The highest BCUT2D eigenvalue weighted by Gasteiger charge is 2.11. The van der Waals surface area contributed by atoms with Crippen molar-refractivity contribution < 1.29 is 15.3 Å². The van der Waals surface area contributed by atoms with Gasteiger partial charge in [-0.3, -0.25) is 0 Å². The van der Waals surface area contributed by atoms with Crippen molar-refractivity contribution in [2.24, 2.45) is 0 Å². The van der Waals surface area contributed by atoms with Crippen molar-refractivity contribution in [3.05, 3.63) is 41.5 Å². The molecule has 0 atom stereocenters. The van der Waals surface area contributed by atoms with E-state index in [1.807, 2.05) is 38.1 Å². The van der Waals surface area contributed by atoms with Crippen LogP contribution in [0.3, 0.4) is 0 Å². The quantitative estimate of drug-likeness (QED) is 0.651. The maximum absolute atomic E-state index is 9.79. The second-order valence-electron chi connectivity index (χ2n) is 5.19. The lowest BCUT2D eigenvalue weighted by Gasteiger charge is -2.16. The van der Waals surface area contributed by atoms with Crippen molar-refractivity contribution in [2.45, 2.75) is 13.5 Å². The molecule has 0 spiro atoms. The molecular weight excluding hydrogens is 268 g/mol. The summed E-state index contributed by atoms with van der Waals surface area (Å²) < 4.78 is 0. The van der Waals surface area contributed by atoms with Gasteiger partial charge < -0.3 is 25.5 Å². The Hall–Kier alpha value is -2.56. The lowest BCUT2D eigenvalue weighted by Crippen LogP contribution is -2.09. The first-order valence-electron chi connectivity index (χ1n) is 6.64. The Morgan fingerprint density at radius 1 is 1.00 bits per heavy atom. The van der Waals surface area contributed by atoms with Crippen LogP contribution in [0.1, 0.15) is 11.1 Å². The van der Waals surface area contributed by atoms with E-state index in [-0.39, 0.29) is 11.5 Å². The number of rotatable bonds is 4. The van der Waals surface area contributed by atoms with Gasteiger partial charge >= 0.3 is 0 Å². The second kappa shape index (κ2) is 5.83. The molecule has 5 nitrogen and oxygen atoms in total. The molecule has 5 heteroatoms. The number of hydrogen-bond donors (Lipinski definition) is 4. The fourth-order valence-corrected chi connectivity index (χ4v) is 2.07. The number of benzene rings is 2. The molecule has 4 N–H and O–H groups in total. The zero-order valence-electron chi connectivity index (χ0n) is 12.4. The Morgan fingerprint density at radius 3 is 2.33 bits per heavy atom. The van der Waals surface area contributed by atoms with Gasteiger partial charge in [0.1, 0.15) is 0 Å². The van der Waals surface area contributed by atoms with Crippen molar-refractivity contribution in [1.29, 1.82) is 0 Å². The third-order valence-corrected chi connectivity index (χ3v) is 3.41. The van der Waals surface area contributed by atoms with Crippen LogP contribution >= 0.6 is 0 Å².